The normalized spacial score (nSPS) is 14.5. The molecule has 0 bridgehead atoms. The predicted molar refractivity (Wildman–Crippen MR) is 117 cm³/mol. The summed E-state index contributed by atoms with van der Waals surface area (Å²) in [4.78, 5) is 23.4. The molecule has 1 fully saturated rings. The van der Waals surface area contributed by atoms with Crippen LogP contribution >= 0.6 is 11.3 Å². The van der Waals surface area contributed by atoms with Crippen LogP contribution in [0.2, 0.25) is 0 Å². The Labute approximate surface area is 180 Å². The predicted octanol–water partition coefficient (Wildman–Crippen LogP) is 4.39. The topological polar surface area (TPSA) is 64.6 Å². The van der Waals surface area contributed by atoms with E-state index in [2.05, 4.69) is 10.4 Å². The molecule has 3 heterocycles. The van der Waals surface area contributed by atoms with Crippen LogP contribution in [0.3, 0.4) is 0 Å². The van der Waals surface area contributed by atoms with Crippen LogP contribution in [0.15, 0.2) is 54.2 Å². The molecule has 7 heteroatoms. The maximum atomic E-state index is 12.6. The number of nitrogens with zero attached hydrogens (tertiary/aromatic N) is 3. The molecule has 0 N–H and O–H groups in total. The van der Waals surface area contributed by atoms with E-state index in [9.17, 15) is 4.79 Å². The highest BCUT2D eigenvalue weighted by molar-refractivity contribution is 7.10. The maximum Gasteiger partial charge on any atom is 0.260 e. The van der Waals surface area contributed by atoms with Crippen LogP contribution in [0.1, 0.15) is 30.7 Å². The molecule has 1 aromatic carbocycles. The van der Waals surface area contributed by atoms with Gasteiger partial charge in [-0.25, -0.2) is 4.98 Å². The van der Waals surface area contributed by atoms with E-state index in [-0.39, 0.29) is 12.5 Å². The van der Waals surface area contributed by atoms with E-state index < -0.39 is 0 Å². The lowest BCUT2D eigenvalue weighted by Gasteiger charge is -2.31. The minimum Gasteiger partial charge on any atom is -0.490 e. The molecule has 1 saturated heterocycles. The van der Waals surface area contributed by atoms with Gasteiger partial charge in [0.15, 0.2) is 18.1 Å². The first-order chi connectivity index (χ1) is 14.7. The van der Waals surface area contributed by atoms with Crippen molar-refractivity contribution in [2.24, 2.45) is 0 Å². The number of piperidine rings is 1. The van der Waals surface area contributed by atoms with Crippen LogP contribution < -0.4 is 9.47 Å². The van der Waals surface area contributed by atoms with Gasteiger partial charge in [0.25, 0.3) is 5.91 Å². The molecule has 3 aromatic rings. The third-order valence-corrected chi connectivity index (χ3v) is 6.20. The molecule has 30 heavy (non-hydrogen) atoms. The lowest BCUT2D eigenvalue weighted by molar-refractivity contribution is -0.134. The van der Waals surface area contributed by atoms with Crippen LogP contribution in [0.25, 0.3) is 11.3 Å². The zero-order valence-electron chi connectivity index (χ0n) is 17.0. The van der Waals surface area contributed by atoms with Crippen LogP contribution in [0, 0.1) is 0 Å². The number of pyridine rings is 1. The van der Waals surface area contributed by atoms with Crippen molar-refractivity contribution >= 4 is 17.2 Å². The van der Waals surface area contributed by atoms with Gasteiger partial charge in [0.2, 0.25) is 0 Å². The molecule has 1 amide bonds. The minimum absolute atomic E-state index is 0.0105. The fraction of sp³-hybridized carbons (Fsp3) is 0.348. The van der Waals surface area contributed by atoms with E-state index in [1.54, 1.807) is 23.7 Å². The molecule has 1 aliphatic rings. The van der Waals surface area contributed by atoms with E-state index in [1.165, 1.54) is 0 Å². The first kappa shape index (κ1) is 20.3. The Kier molecular flexibility index (Phi) is 6.59. The van der Waals surface area contributed by atoms with E-state index in [0.717, 1.165) is 42.2 Å². The molecule has 4 rings (SSSR count). The fourth-order valence-corrected chi connectivity index (χ4v) is 4.58. The number of hydrogen-bond acceptors (Lipinski definition) is 6. The number of rotatable bonds is 7. The molecule has 0 radical (unpaired) electrons. The van der Waals surface area contributed by atoms with Gasteiger partial charge in [0.1, 0.15) is 0 Å². The van der Waals surface area contributed by atoms with Crippen molar-refractivity contribution in [1.29, 1.82) is 0 Å². The molecule has 0 spiro atoms. The highest BCUT2D eigenvalue weighted by Gasteiger charge is 2.26. The number of aromatic nitrogens is 2. The van der Waals surface area contributed by atoms with E-state index >= 15 is 0 Å². The first-order valence-corrected chi connectivity index (χ1v) is 11.1. The second-order valence-corrected chi connectivity index (χ2v) is 8.02. The highest BCUT2D eigenvalue weighted by atomic mass is 32.1. The Bertz CT molecular complexity index is 969. The highest BCUT2D eigenvalue weighted by Crippen LogP contribution is 2.33. The summed E-state index contributed by atoms with van der Waals surface area (Å²) < 4.78 is 11.3. The zero-order valence-corrected chi connectivity index (χ0v) is 17.8. The summed E-state index contributed by atoms with van der Waals surface area (Å²) >= 11 is 1.70. The summed E-state index contributed by atoms with van der Waals surface area (Å²) in [6, 6.07) is 11.4. The molecule has 0 aliphatic carbocycles. The number of likely N-dealkylation sites (tertiary alicyclic amines) is 1. The molecule has 0 atom stereocenters. The molecule has 0 saturated carbocycles. The number of thiazole rings is 1. The summed E-state index contributed by atoms with van der Waals surface area (Å²) in [6.07, 6.45) is 5.41. The first-order valence-electron chi connectivity index (χ1n) is 10.2. The summed E-state index contributed by atoms with van der Waals surface area (Å²) in [5, 5.41) is 3.25. The minimum atomic E-state index is 0.0105. The van der Waals surface area contributed by atoms with Crippen LogP contribution in [-0.4, -0.2) is 47.1 Å². The summed E-state index contributed by atoms with van der Waals surface area (Å²) in [6.45, 7) is 3.96. The van der Waals surface area contributed by atoms with Crippen molar-refractivity contribution in [3.8, 4) is 22.8 Å². The van der Waals surface area contributed by atoms with E-state index in [0.29, 0.717) is 24.0 Å². The standard InChI is InChI=1S/C23H25N3O3S/c1-2-28-20-5-3-4-6-21(20)29-15-22(27)26-13-9-18(10-14-26)23-25-19(16-30-23)17-7-11-24-12-8-17/h3-8,11-12,16,18H,2,9-10,13-15H2,1H3. The third-order valence-electron chi connectivity index (χ3n) is 5.20. The smallest absolute Gasteiger partial charge is 0.260 e. The van der Waals surface area contributed by atoms with Gasteiger partial charge in [-0.15, -0.1) is 11.3 Å². The van der Waals surface area contributed by atoms with Crippen molar-refractivity contribution in [3.63, 3.8) is 0 Å². The summed E-state index contributed by atoms with van der Waals surface area (Å²) in [5.41, 5.74) is 2.09. The molecule has 156 valence electrons. The van der Waals surface area contributed by atoms with Gasteiger partial charge in [-0.3, -0.25) is 9.78 Å². The van der Waals surface area contributed by atoms with Crippen molar-refractivity contribution in [3.05, 3.63) is 59.2 Å². The molecule has 1 aliphatic heterocycles. The lowest BCUT2D eigenvalue weighted by Crippen LogP contribution is -2.40. The van der Waals surface area contributed by atoms with Crippen LogP contribution in [0.5, 0.6) is 11.5 Å². The van der Waals surface area contributed by atoms with Gasteiger partial charge in [-0.2, -0.15) is 0 Å². The summed E-state index contributed by atoms with van der Waals surface area (Å²) in [7, 11) is 0. The van der Waals surface area contributed by atoms with Crippen molar-refractivity contribution in [2.45, 2.75) is 25.7 Å². The van der Waals surface area contributed by atoms with E-state index in [4.69, 9.17) is 14.5 Å². The van der Waals surface area contributed by atoms with Crippen molar-refractivity contribution in [1.82, 2.24) is 14.9 Å². The number of amides is 1. The monoisotopic (exact) mass is 423 g/mol. The number of ether oxygens (including phenoxy) is 2. The van der Waals surface area contributed by atoms with Crippen molar-refractivity contribution in [2.75, 3.05) is 26.3 Å². The second-order valence-electron chi connectivity index (χ2n) is 7.13. The van der Waals surface area contributed by atoms with Crippen LogP contribution in [-0.2, 0) is 4.79 Å². The molecular weight excluding hydrogens is 398 g/mol. The second kappa shape index (κ2) is 9.71. The molecule has 6 nitrogen and oxygen atoms in total. The fourth-order valence-electron chi connectivity index (χ4n) is 3.58. The Morgan fingerprint density at radius 1 is 1.10 bits per heavy atom. The number of hydrogen-bond donors (Lipinski definition) is 0. The average Bonchev–Trinajstić information content (AvgIpc) is 3.30. The Morgan fingerprint density at radius 3 is 2.50 bits per heavy atom. The van der Waals surface area contributed by atoms with Gasteiger partial charge in [-0.1, -0.05) is 12.1 Å². The number of carbonyl (C=O) groups excluding carboxylic acids is 1. The Hall–Kier alpha value is -2.93. The zero-order chi connectivity index (χ0) is 20.8. The van der Waals surface area contributed by atoms with Crippen LogP contribution in [0.4, 0.5) is 0 Å². The lowest BCUT2D eigenvalue weighted by atomic mass is 9.97. The van der Waals surface area contributed by atoms with Gasteiger partial charge in [0.05, 0.1) is 17.3 Å². The average molecular weight is 424 g/mol. The van der Waals surface area contributed by atoms with Gasteiger partial charge < -0.3 is 14.4 Å². The van der Waals surface area contributed by atoms with E-state index in [1.807, 2.05) is 48.2 Å². The third kappa shape index (κ3) is 4.79. The number of carbonyl (C=O) groups is 1. The maximum absolute atomic E-state index is 12.6. The van der Waals surface area contributed by atoms with Gasteiger partial charge in [-0.05, 0) is 44.0 Å². The Balaban J connectivity index is 1.29. The molecule has 0 unspecified atom stereocenters. The SMILES string of the molecule is CCOc1ccccc1OCC(=O)N1CCC(c2nc(-c3ccncc3)cs2)CC1. The molecule has 2 aromatic heterocycles. The quantitative estimate of drug-likeness (QED) is 0.564. The van der Waals surface area contributed by atoms with Crippen molar-refractivity contribution < 1.29 is 14.3 Å². The largest absolute Gasteiger partial charge is 0.490 e. The Morgan fingerprint density at radius 2 is 1.80 bits per heavy atom. The number of para-hydroxylation sites is 2. The molecular formula is C23H25N3O3S. The van der Waals surface area contributed by atoms with Gasteiger partial charge >= 0.3 is 0 Å². The summed E-state index contributed by atoms with van der Waals surface area (Å²) in [5.74, 6) is 1.68. The van der Waals surface area contributed by atoms with Gasteiger partial charge in [0, 0.05) is 42.3 Å². The number of benzene rings is 1.